The Labute approximate surface area is 106 Å². The average molecular weight is 251 g/mol. The van der Waals surface area contributed by atoms with Crippen LogP contribution in [0.4, 0.5) is 0 Å². The van der Waals surface area contributed by atoms with Crippen LogP contribution in [0.15, 0.2) is 36.4 Å². The van der Waals surface area contributed by atoms with Crippen LogP contribution in [-0.2, 0) is 10.6 Å². The van der Waals surface area contributed by atoms with Gasteiger partial charge in [-0.25, -0.2) is 0 Å². The smallest absolute Gasteiger partial charge is 0.189 e. The van der Waals surface area contributed by atoms with Crippen LogP contribution in [0.25, 0.3) is 10.8 Å². The van der Waals surface area contributed by atoms with Crippen LogP contribution in [-0.4, -0.2) is 13.4 Å². The topological polar surface area (TPSA) is 18.5 Å². The monoisotopic (exact) mass is 250 g/mol. The first-order valence-corrected chi connectivity index (χ1v) is 6.17. The van der Waals surface area contributed by atoms with E-state index in [2.05, 4.69) is 12.1 Å². The number of rotatable bonds is 5. The Kier molecular flexibility index (Phi) is 4.24. The molecule has 0 aliphatic carbocycles. The van der Waals surface area contributed by atoms with Gasteiger partial charge in [0.25, 0.3) is 0 Å². The predicted molar refractivity (Wildman–Crippen MR) is 70.6 cm³/mol. The molecule has 2 rings (SSSR count). The molecule has 0 atom stereocenters. The maximum atomic E-state index is 6.00. The lowest BCUT2D eigenvalue weighted by atomic mass is 10.0. The molecule has 0 fully saturated rings. The first-order chi connectivity index (χ1) is 8.36. The standard InChI is InChI=1S/C14H15ClO2/c1-2-16-10-17-14-8-7-11-5-3-4-6-12(11)13(14)9-15/h3-8H,2,9-10H2,1H3. The Bertz CT molecular complexity index is 497. The quantitative estimate of drug-likeness (QED) is 0.454. The second-order valence-electron chi connectivity index (χ2n) is 3.65. The second kappa shape index (κ2) is 5.89. The number of halogens is 1. The minimum Gasteiger partial charge on any atom is -0.467 e. The molecule has 0 radical (unpaired) electrons. The number of ether oxygens (including phenoxy) is 2. The van der Waals surface area contributed by atoms with Gasteiger partial charge >= 0.3 is 0 Å². The molecule has 0 saturated carbocycles. The molecular formula is C14H15ClO2. The summed E-state index contributed by atoms with van der Waals surface area (Å²) in [7, 11) is 0. The van der Waals surface area contributed by atoms with E-state index in [1.54, 1.807) is 0 Å². The molecule has 17 heavy (non-hydrogen) atoms. The summed E-state index contributed by atoms with van der Waals surface area (Å²) >= 11 is 6.00. The maximum Gasteiger partial charge on any atom is 0.189 e. The number of benzene rings is 2. The van der Waals surface area contributed by atoms with E-state index in [9.17, 15) is 0 Å². The van der Waals surface area contributed by atoms with Gasteiger partial charge < -0.3 is 9.47 Å². The first-order valence-electron chi connectivity index (χ1n) is 5.64. The van der Waals surface area contributed by atoms with Crippen LogP contribution in [0.5, 0.6) is 5.75 Å². The molecule has 0 aromatic heterocycles. The molecule has 2 aromatic carbocycles. The summed E-state index contributed by atoms with van der Waals surface area (Å²) in [4.78, 5) is 0. The summed E-state index contributed by atoms with van der Waals surface area (Å²) in [5.74, 6) is 1.23. The number of alkyl halides is 1. The van der Waals surface area contributed by atoms with Crippen molar-refractivity contribution in [3.63, 3.8) is 0 Å². The molecule has 0 aliphatic heterocycles. The summed E-state index contributed by atoms with van der Waals surface area (Å²) in [6, 6.07) is 12.1. The zero-order valence-corrected chi connectivity index (χ0v) is 10.5. The molecule has 0 saturated heterocycles. The Morgan fingerprint density at radius 1 is 1.12 bits per heavy atom. The van der Waals surface area contributed by atoms with Crippen LogP contribution in [0, 0.1) is 0 Å². The van der Waals surface area contributed by atoms with Crippen molar-refractivity contribution in [1.82, 2.24) is 0 Å². The van der Waals surface area contributed by atoms with E-state index in [1.165, 1.54) is 5.39 Å². The highest BCUT2D eigenvalue weighted by atomic mass is 35.5. The minimum atomic E-state index is 0.263. The van der Waals surface area contributed by atoms with Crippen molar-refractivity contribution in [3.05, 3.63) is 42.0 Å². The molecule has 0 spiro atoms. The van der Waals surface area contributed by atoms with Gasteiger partial charge in [0, 0.05) is 12.2 Å². The third-order valence-electron chi connectivity index (χ3n) is 2.63. The highest BCUT2D eigenvalue weighted by molar-refractivity contribution is 6.18. The van der Waals surface area contributed by atoms with Crippen LogP contribution in [0.3, 0.4) is 0 Å². The van der Waals surface area contributed by atoms with Gasteiger partial charge in [-0.05, 0) is 23.8 Å². The van der Waals surface area contributed by atoms with Crippen molar-refractivity contribution >= 4 is 22.4 Å². The zero-order valence-electron chi connectivity index (χ0n) is 9.78. The largest absolute Gasteiger partial charge is 0.467 e. The molecule has 0 bridgehead atoms. The summed E-state index contributed by atoms with van der Waals surface area (Å²) in [6.45, 7) is 2.84. The van der Waals surface area contributed by atoms with Gasteiger partial charge in [-0.15, -0.1) is 11.6 Å². The number of hydrogen-bond acceptors (Lipinski definition) is 2. The molecule has 0 heterocycles. The average Bonchev–Trinajstić information content (AvgIpc) is 2.38. The fraction of sp³-hybridized carbons (Fsp3) is 0.286. The fourth-order valence-electron chi connectivity index (χ4n) is 1.78. The van der Waals surface area contributed by atoms with Gasteiger partial charge in [0.05, 0.1) is 5.88 Å². The van der Waals surface area contributed by atoms with E-state index in [0.29, 0.717) is 12.5 Å². The van der Waals surface area contributed by atoms with Crippen molar-refractivity contribution < 1.29 is 9.47 Å². The predicted octanol–water partition coefficient (Wildman–Crippen LogP) is 3.95. The molecule has 2 aromatic rings. The lowest BCUT2D eigenvalue weighted by Gasteiger charge is -2.12. The molecule has 90 valence electrons. The number of hydrogen-bond donors (Lipinski definition) is 0. The molecule has 0 unspecified atom stereocenters. The summed E-state index contributed by atoms with van der Waals surface area (Å²) < 4.78 is 10.8. The third-order valence-corrected chi connectivity index (χ3v) is 2.90. The fourth-order valence-corrected chi connectivity index (χ4v) is 2.05. The highest BCUT2D eigenvalue weighted by Gasteiger charge is 2.07. The lowest BCUT2D eigenvalue weighted by molar-refractivity contribution is 0.0220. The van der Waals surface area contributed by atoms with E-state index < -0.39 is 0 Å². The van der Waals surface area contributed by atoms with Crippen LogP contribution in [0.1, 0.15) is 12.5 Å². The van der Waals surface area contributed by atoms with Crippen LogP contribution < -0.4 is 4.74 Å². The van der Waals surface area contributed by atoms with Gasteiger partial charge in [0.1, 0.15) is 5.75 Å². The van der Waals surface area contributed by atoms with Gasteiger partial charge in [0.15, 0.2) is 6.79 Å². The van der Waals surface area contributed by atoms with E-state index in [1.807, 2.05) is 31.2 Å². The molecular weight excluding hydrogens is 236 g/mol. The maximum absolute atomic E-state index is 6.00. The highest BCUT2D eigenvalue weighted by Crippen LogP contribution is 2.29. The van der Waals surface area contributed by atoms with Gasteiger partial charge in [-0.3, -0.25) is 0 Å². The van der Waals surface area contributed by atoms with Crippen LogP contribution in [0.2, 0.25) is 0 Å². The van der Waals surface area contributed by atoms with E-state index >= 15 is 0 Å². The summed E-state index contributed by atoms with van der Waals surface area (Å²) in [5.41, 5.74) is 1.02. The molecule has 3 heteroatoms. The Balaban J connectivity index is 2.35. The third kappa shape index (κ3) is 2.71. The molecule has 0 N–H and O–H groups in total. The second-order valence-corrected chi connectivity index (χ2v) is 3.92. The van der Waals surface area contributed by atoms with Gasteiger partial charge in [-0.1, -0.05) is 30.3 Å². The van der Waals surface area contributed by atoms with E-state index in [-0.39, 0.29) is 6.79 Å². The summed E-state index contributed by atoms with van der Waals surface area (Å²) in [6.07, 6.45) is 0. The van der Waals surface area contributed by atoms with Gasteiger partial charge in [0.2, 0.25) is 0 Å². The Morgan fingerprint density at radius 3 is 2.71 bits per heavy atom. The molecule has 2 nitrogen and oxygen atoms in total. The normalized spacial score (nSPS) is 10.7. The Hall–Kier alpha value is -1.25. The van der Waals surface area contributed by atoms with E-state index in [0.717, 1.165) is 16.7 Å². The zero-order chi connectivity index (χ0) is 12.1. The minimum absolute atomic E-state index is 0.263. The van der Waals surface area contributed by atoms with Crippen molar-refractivity contribution in [2.24, 2.45) is 0 Å². The van der Waals surface area contributed by atoms with Crippen molar-refractivity contribution in [2.75, 3.05) is 13.4 Å². The lowest BCUT2D eigenvalue weighted by Crippen LogP contribution is -2.03. The Morgan fingerprint density at radius 2 is 1.94 bits per heavy atom. The molecule has 0 amide bonds. The van der Waals surface area contributed by atoms with Crippen molar-refractivity contribution in [2.45, 2.75) is 12.8 Å². The van der Waals surface area contributed by atoms with E-state index in [4.69, 9.17) is 21.1 Å². The first kappa shape index (κ1) is 12.2. The van der Waals surface area contributed by atoms with Gasteiger partial charge in [-0.2, -0.15) is 0 Å². The number of fused-ring (bicyclic) bond motifs is 1. The van der Waals surface area contributed by atoms with Crippen LogP contribution >= 0.6 is 11.6 Å². The summed E-state index contributed by atoms with van der Waals surface area (Å²) in [5, 5.41) is 2.31. The molecule has 0 aliphatic rings. The van der Waals surface area contributed by atoms with Crippen molar-refractivity contribution in [3.8, 4) is 5.75 Å². The van der Waals surface area contributed by atoms with Crippen molar-refractivity contribution in [1.29, 1.82) is 0 Å². The SMILES string of the molecule is CCOCOc1ccc2ccccc2c1CCl.